The van der Waals surface area contributed by atoms with Gasteiger partial charge in [-0.15, -0.1) is 0 Å². The lowest BCUT2D eigenvalue weighted by Gasteiger charge is -2.12. The summed E-state index contributed by atoms with van der Waals surface area (Å²) in [6.45, 7) is 4.61. The van der Waals surface area contributed by atoms with Crippen LogP contribution in [0.4, 0.5) is 0 Å². The van der Waals surface area contributed by atoms with Gasteiger partial charge in [-0.2, -0.15) is 5.26 Å². The summed E-state index contributed by atoms with van der Waals surface area (Å²) < 4.78 is 5.13. The van der Waals surface area contributed by atoms with Gasteiger partial charge in [-0.25, -0.2) is 0 Å². The van der Waals surface area contributed by atoms with E-state index >= 15 is 0 Å². The molecule has 0 spiro atoms. The highest BCUT2D eigenvalue weighted by molar-refractivity contribution is 5.32. The zero-order valence-electron chi connectivity index (χ0n) is 10.5. The van der Waals surface area contributed by atoms with Crippen molar-refractivity contribution in [3.05, 3.63) is 52.9 Å². The van der Waals surface area contributed by atoms with Gasteiger partial charge < -0.3 is 9.84 Å². The maximum absolute atomic E-state index is 8.74. The molecule has 1 N–H and O–H groups in total. The number of aryl methyl sites for hydroxylation is 1. The van der Waals surface area contributed by atoms with E-state index in [-0.39, 0.29) is 6.04 Å². The minimum Gasteiger partial charge on any atom is -0.360 e. The van der Waals surface area contributed by atoms with Crippen LogP contribution in [0.3, 0.4) is 0 Å². The van der Waals surface area contributed by atoms with E-state index in [1.165, 1.54) is 0 Å². The van der Waals surface area contributed by atoms with Crippen molar-refractivity contribution >= 4 is 0 Å². The minimum absolute atomic E-state index is 0.197. The zero-order chi connectivity index (χ0) is 13.0. The van der Waals surface area contributed by atoms with Gasteiger partial charge in [-0.3, -0.25) is 0 Å². The molecule has 0 radical (unpaired) electrons. The van der Waals surface area contributed by atoms with Gasteiger partial charge in [-0.1, -0.05) is 17.3 Å². The van der Waals surface area contributed by atoms with E-state index in [0.717, 1.165) is 17.0 Å². The Balaban J connectivity index is 1.95. The van der Waals surface area contributed by atoms with Crippen LogP contribution in [-0.2, 0) is 6.54 Å². The second-order valence-corrected chi connectivity index (χ2v) is 4.27. The third-order valence-corrected chi connectivity index (χ3v) is 2.80. The molecule has 0 aliphatic rings. The van der Waals surface area contributed by atoms with Crippen molar-refractivity contribution in [3.8, 4) is 6.07 Å². The van der Waals surface area contributed by atoms with Gasteiger partial charge in [0.2, 0.25) is 0 Å². The second kappa shape index (κ2) is 5.48. The SMILES string of the molecule is Cc1cc(CNC(C)c2ccc(C#N)cc2)on1. The molecule has 2 aromatic rings. The van der Waals surface area contributed by atoms with E-state index in [9.17, 15) is 0 Å². The molecule has 0 fully saturated rings. The molecule has 0 saturated heterocycles. The highest BCUT2D eigenvalue weighted by Gasteiger charge is 2.07. The van der Waals surface area contributed by atoms with Crippen molar-refractivity contribution < 1.29 is 4.52 Å². The number of nitriles is 1. The van der Waals surface area contributed by atoms with E-state index in [0.29, 0.717) is 12.1 Å². The first-order chi connectivity index (χ1) is 8.69. The predicted octanol–water partition coefficient (Wildman–Crippen LogP) is 2.71. The van der Waals surface area contributed by atoms with Crippen LogP contribution in [0.25, 0.3) is 0 Å². The van der Waals surface area contributed by atoms with E-state index in [1.807, 2.05) is 37.3 Å². The van der Waals surface area contributed by atoms with Gasteiger partial charge in [-0.05, 0) is 31.5 Å². The van der Waals surface area contributed by atoms with Gasteiger partial charge in [0.1, 0.15) is 0 Å². The Morgan fingerprint density at radius 3 is 2.67 bits per heavy atom. The number of nitrogens with zero attached hydrogens (tertiary/aromatic N) is 2. The molecule has 2 rings (SSSR count). The highest BCUT2D eigenvalue weighted by Crippen LogP contribution is 2.14. The molecule has 18 heavy (non-hydrogen) atoms. The molecular weight excluding hydrogens is 226 g/mol. The molecule has 1 aromatic carbocycles. The zero-order valence-corrected chi connectivity index (χ0v) is 10.5. The first kappa shape index (κ1) is 12.3. The Morgan fingerprint density at radius 1 is 1.39 bits per heavy atom. The van der Waals surface area contributed by atoms with Gasteiger partial charge in [0.15, 0.2) is 5.76 Å². The van der Waals surface area contributed by atoms with Crippen LogP contribution >= 0.6 is 0 Å². The Bertz CT molecular complexity index is 551. The summed E-state index contributed by atoms with van der Waals surface area (Å²) >= 11 is 0. The van der Waals surface area contributed by atoms with Crippen LogP contribution in [0.15, 0.2) is 34.9 Å². The smallest absolute Gasteiger partial charge is 0.150 e. The lowest BCUT2D eigenvalue weighted by atomic mass is 10.1. The summed E-state index contributed by atoms with van der Waals surface area (Å²) in [5.41, 5.74) is 2.71. The number of benzene rings is 1. The minimum atomic E-state index is 0.197. The van der Waals surface area contributed by atoms with Gasteiger partial charge in [0, 0.05) is 12.1 Å². The van der Waals surface area contributed by atoms with Crippen molar-refractivity contribution in [2.24, 2.45) is 0 Å². The van der Waals surface area contributed by atoms with E-state index < -0.39 is 0 Å². The average molecular weight is 241 g/mol. The van der Waals surface area contributed by atoms with Crippen LogP contribution < -0.4 is 5.32 Å². The predicted molar refractivity (Wildman–Crippen MR) is 67.7 cm³/mol. The number of nitrogens with one attached hydrogen (secondary N) is 1. The van der Waals surface area contributed by atoms with Crippen molar-refractivity contribution in [3.63, 3.8) is 0 Å². The molecule has 0 saturated carbocycles. The Labute approximate surface area is 106 Å². The second-order valence-electron chi connectivity index (χ2n) is 4.27. The van der Waals surface area contributed by atoms with Crippen molar-refractivity contribution in [1.82, 2.24) is 10.5 Å². The lowest BCUT2D eigenvalue weighted by Crippen LogP contribution is -2.17. The number of aromatic nitrogens is 1. The van der Waals surface area contributed by atoms with E-state index in [1.54, 1.807) is 0 Å². The normalized spacial score (nSPS) is 12.1. The van der Waals surface area contributed by atoms with Crippen LogP contribution in [0.2, 0.25) is 0 Å². The fourth-order valence-corrected chi connectivity index (χ4v) is 1.72. The fourth-order valence-electron chi connectivity index (χ4n) is 1.72. The molecule has 1 heterocycles. The molecule has 1 aromatic heterocycles. The molecule has 0 amide bonds. The molecule has 4 heteroatoms. The summed E-state index contributed by atoms with van der Waals surface area (Å²) in [7, 11) is 0. The summed E-state index contributed by atoms with van der Waals surface area (Å²) in [4.78, 5) is 0. The third kappa shape index (κ3) is 2.96. The summed E-state index contributed by atoms with van der Waals surface area (Å²) in [6.07, 6.45) is 0. The number of rotatable bonds is 4. The quantitative estimate of drug-likeness (QED) is 0.894. The highest BCUT2D eigenvalue weighted by atomic mass is 16.5. The Morgan fingerprint density at radius 2 is 2.11 bits per heavy atom. The molecule has 0 aliphatic carbocycles. The van der Waals surface area contributed by atoms with E-state index in [2.05, 4.69) is 23.5 Å². The molecule has 4 nitrogen and oxygen atoms in total. The number of hydrogen-bond donors (Lipinski definition) is 1. The van der Waals surface area contributed by atoms with Crippen LogP contribution in [-0.4, -0.2) is 5.16 Å². The molecule has 92 valence electrons. The maximum atomic E-state index is 8.74. The first-order valence-electron chi connectivity index (χ1n) is 5.84. The number of hydrogen-bond acceptors (Lipinski definition) is 4. The van der Waals surface area contributed by atoms with Gasteiger partial charge in [0.05, 0.1) is 23.9 Å². The summed E-state index contributed by atoms with van der Waals surface area (Å²) in [5, 5.41) is 15.9. The van der Waals surface area contributed by atoms with Crippen LogP contribution in [0.5, 0.6) is 0 Å². The van der Waals surface area contributed by atoms with Crippen LogP contribution in [0.1, 0.15) is 35.5 Å². The molecule has 1 atom stereocenters. The standard InChI is InChI=1S/C14H15N3O/c1-10-7-14(18-17-10)9-16-11(2)13-5-3-12(8-15)4-6-13/h3-7,11,16H,9H2,1-2H3. The van der Waals surface area contributed by atoms with Gasteiger partial charge >= 0.3 is 0 Å². The Hall–Kier alpha value is -2.12. The topological polar surface area (TPSA) is 61.9 Å². The lowest BCUT2D eigenvalue weighted by molar-refractivity contribution is 0.363. The third-order valence-electron chi connectivity index (χ3n) is 2.80. The largest absolute Gasteiger partial charge is 0.360 e. The molecule has 0 aliphatic heterocycles. The fraction of sp³-hybridized carbons (Fsp3) is 0.286. The molecule has 1 unspecified atom stereocenters. The van der Waals surface area contributed by atoms with Crippen molar-refractivity contribution in [2.45, 2.75) is 26.4 Å². The Kier molecular flexibility index (Phi) is 3.75. The molecule has 0 bridgehead atoms. The summed E-state index contributed by atoms with van der Waals surface area (Å²) in [5.74, 6) is 0.827. The van der Waals surface area contributed by atoms with Crippen LogP contribution in [0, 0.1) is 18.3 Å². The first-order valence-corrected chi connectivity index (χ1v) is 5.84. The van der Waals surface area contributed by atoms with E-state index in [4.69, 9.17) is 9.78 Å². The molecular formula is C14H15N3O. The van der Waals surface area contributed by atoms with Crippen molar-refractivity contribution in [1.29, 1.82) is 5.26 Å². The van der Waals surface area contributed by atoms with Crippen molar-refractivity contribution in [2.75, 3.05) is 0 Å². The maximum Gasteiger partial charge on any atom is 0.150 e. The van der Waals surface area contributed by atoms with Gasteiger partial charge in [0.25, 0.3) is 0 Å². The monoisotopic (exact) mass is 241 g/mol. The average Bonchev–Trinajstić information content (AvgIpc) is 2.82. The summed E-state index contributed by atoms with van der Waals surface area (Å²) in [6, 6.07) is 11.8.